The van der Waals surface area contributed by atoms with Gasteiger partial charge in [0.2, 0.25) is 0 Å². The molecule has 11 heavy (non-hydrogen) atoms. The summed E-state index contributed by atoms with van der Waals surface area (Å²) >= 11 is 0. The van der Waals surface area contributed by atoms with Crippen LogP contribution in [0.25, 0.3) is 0 Å². The van der Waals surface area contributed by atoms with E-state index in [0.29, 0.717) is 12.2 Å². The summed E-state index contributed by atoms with van der Waals surface area (Å²) in [4.78, 5) is 0. The molecule has 1 aliphatic carbocycles. The van der Waals surface area contributed by atoms with E-state index in [-0.39, 0.29) is 0 Å². The molecule has 0 amide bonds. The third kappa shape index (κ3) is 0.641. The van der Waals surface area contributed by atoms with Crippen molar-refractivity contribution in [1.29, 1.82) is 0 Å². The van der Waals surface area contributed by atoms with Gasteiger partial charge in [-0.25, -0.2) is 0 Å². The number of fused-ring (bicyclic) bond motifs is 3. The molecule has 1 nitrogen and oxygen atoms in total. The number of hydrogen-bond donors (Lipinski definition) is 0. The Morgan fingerprint density at radius 2 is 2.36 bits per heavy atom. The molecule has 1 saturated heterocycles. The Bertz CT molecular complexity index is 317. The Labute approximate surface area is 66.0 Å². The monoisotopic (exact) mass is 146 g/mol. The zero-order valence-electron chi connectivity index (χ0n) is 6.50. The fraction of sp³-hybridized carbons (Fsp3) is 0.400. The van der Waals surface area contributed by atoms with E-state index < -0.39 is 0 Å². The lowest BCUT2D eigenvalue weighted by Gasteiger charge is -2.04. The fourth-order valence-electron chi connectivity index (χ4n) is 2.04. The normalized spacial score (nSPS) is 31.4. The Morgan fingerprint density at radius 3 is 3.18 bits per heavy atom. The highest BCUT2D eigenvalue weighted by atomic mass is 16.6. The SMILES string of the molecule is Cc1cccc2c1C[C@H]1O[C@H]21. The average molecular weight is 146 g/mol. The summed E-state index contributed by atoms with van der Waals surface area (Å²) in [6.45, 7) is 2.18. The molecule has 1 aromatic carbocycles. The van der Waals surface area contributed by atoms with E-state index >= 15 is 0 Å². The number of hydrogen-bond acceptors (Lipinski definition) is 1. The smallest absolute Gasteiger partial charge is 0.110 e. The van der Waals surface area contributed by atoms with Crippen molar-refractivity contribution in [2.75, 3.05) is 0 Å². The van der Waals surface area contributed by atoms with E-state index in [4.69, 9.17) is 4.74 Å². The lowest BCUT2D eigenvalue weighted by atomic mass is 10.0. The molecule has 0 unspecified atom stereocenters. The average Bonchev–Trinajstić information content (AvgIpc) is 2.67. The number of benzene rings is 1. The molecule has 0 bridgehead atoms. The summed E-state index contributed by atoms with van der Waals surface area (Å²) in [6, 6.07) is 6.50. The lowest BCUT2D eigenvalue weighted by molar-refractivity contribution is 0.360. The van der Waals surface area contributed by atoms with Crippen LogP contribution >= 0.6 is 0 Å². The van der Waals surface area contributed by atoms with Crippen LogP contribution in [0.1, 0.15) is 22.8 Å². The van der Waals surface area contributed by atoms with Gasteiger partial charge >= 0.3 is 0 Å². The van der Waals surface area contributed by atoms with E-state index in [9.17, 15) is 0 Å². The van der Waals surface area contributed by atoms with Gasteiger partial charge in [0.25, 0.3) is 0 Å². The molecule has 0 saturated carbocycles. The summed E-state index contributed by atoms with van der Waals surface area (Å²) in [6.07, 6.45) is 2.14. The predicted octanol–water partition coefficient (Wildman–Crippen LogP) is 1.99. The quantitative estimate of drug-likeness (QED) is 0.510. The molecule has 1 heterocycles. The van der Waals surface area contributed by atoms with Gasteiger partial charge < -0.3 is 4.74 Å². The highest BCUT2D eigenvalue weighted by Gasteiger charge is 2.47. The molecule has 1 aromatic rings. The highest BCUT2D eigenvalue weighted by Crippen LogP contribution is 2.49. The molecule has 2 aliphatic rings. The Kier molecular flexibility index (Phi) is 0.878. The van der Waals surface area contributed by atoms with Gasteiger partial charge in [-0.1, -0.05) is 18.2 Å². The van der Waals surface area contributed by atoms with Crippen molar-refractivity contribution in [3.05, 3.63) is 34.9 Å². The highest BCUT2D eigenvalue weighted by molar-refractivity contribution is 5.43. The molecule has 0 N–H and O–H groups in total. The van der Waals surface area contributed by atoms with Gasteiger partial charge in [0, 0.05) is 6.42 Å². The fourth-order valence-corrected chi connectivity index (χ4v) is 2.04. The van der Waals surface area contributed by atoms with Gasteiger partial charge in [0.1, 0.15) is 6.10 Å². The third-order valence-electron chi connectivity index (χ3n) is 2.74. The van der Waals surface area contributed by atoms with Crippen molar-refractivity contribution in [2.45, 2.75) is 25.6 Å². The van der Waals surface area contributed by atoms with E-state index in [2.05, 4.69) is 25.1 Å². The molecule has 1 aliphatic heterocycles. The van der Waals surface area contributed by atoms with Crippen molar-refractivity contribution in [2.24, 2.45) is 0 Å². The van der Waals surface area contributed by atoms with Crippen LogP contribution in [0.4, 0.5) is 0 Å². The van der Waals surface area contributed by atoms with Crippen LogP contribution < -0.4 is 0 Å². The van der Waals surface area contributed by atoms with E-state index in [0.717, 1.165) is 6.42 Å². The van der Waals surface area contributed by atoms with E-state index in [1.54, 1.807) is 0 Å². The van der Waals surface area contributed by atoms with Crippen molar-refractivity contribution < 1.29 is 4.74 Å². The van der Waals surface area contributed by atoms with Gasteiger partial charge in [-0.05, 0) is 23.6 Å². The maximum absolute atomic E-state index is 5.43. The summed E-state index contributed by atoms with van der Waals surface area (Å²) in [5.74, 6) is 0. The minimum Gasteiger partial charge on any atom is -0.364 e. The first kappa shape index (κ1) is 5.78. The second-order valence-electron chi connectivity index (χ2n) is 3.44. The Morgan fingerprint density at radius 1 is 1.45 bits per heavy atom. The van der Waals surface area contributed by atoms with Gasteiger partial charge in [0.05, 0.1) is 6.10 Å². The summed E-state index contributed by atoms with van der Waals surface area (Å²) in [5, 5.41) is 0. The standard InChI is InChI=1S/C10H10O/c1-6-3-2-4-7-8(6)5-9-10(7)11-9/h2-4,9-10H,5H2,1H3/t9-,10-/m1/s1. The maximum atomic E-state index is 5.43. The molecular weight excluding hydrogens is 136 g/mol. The predicted molar refractivity (Wildman–Crippen MR) is 42.5 cm³/mol. The van der Waals surface area contributed by atoms with Gasteiger partial charge in [-0.15, -0.1) is 0 Å². The van der Waals surface area contributed by atoms with Crippen LogP contribution in [0.2, 0.25) is 0 Å². The van der Waals surface area contributed by atoms with Crippen molar-refractivity contribution in [3.63, 3.8) is 0 Å². The van der Waals surface area contributed by atoms with E-state index in [1.165, 1.54) is 16.7 Å². The van der Waals surface area contributed by atoms with Crippen LogP contribution in [-0.2, 0) is 11.2 Å². The topological polar surface area (TPSA) is 12.5 Å². The molecule has 1 heteroatoms. The molecule has 1 fully saturated rings. The summed E-state index contributed by atoms with van der Waals surface area (Å²) in [5.41, 5.74) is 4.40. The van der Waals surface area contributed by atoms with Crippen molar-refractivity contribution >= 4 is 0 Å². The third-order valence-corrected chi connectivity index (χ3v) is 2.74. The van der Waals surface area contributed by atoms with E-state index in [1.807, 2.05) is 0 Å². The first-order chi connectivity index (χ1) is 5.36. The zero-order chi connectivity index (χ0) is 7.42. The molecule has 2 atom stereocenters. The second kappa shape index (κ2) is 1.67. The molecule has 56 valence electrons. The Hall–Kier alpha value is -0.820. The van der Waals surface area contributed by atoms with Crippen LogP contribution in [-0.4, -0.2) is 6.10 Å². The van der Waals surface area contributed by atoms with Crippen molar-refractivity contribution in [1.82, 2.24) is 0 Å². The number of ether oxygens (including phenoxy) is 1. The number of aryl methyl sites for hydroxylation is 1. The molecular formula is C10H10O. The number of epoxide rings is 1. The van der Waals surface area contributed by atoms with Crippen LogP contribution in [0.5, 0.6) is 0 Å². The van der Waals surface area contributed by atoms with Crippen molar-refractivity contribution in [3.8, 4) is 0 Å². The molecule has 0 aromatic heterocycles. The first-order valence-corrected chi connectivity index (χ1v) is 4.10. The largest absolute Gasteiger partial charge is 0.364 e. The second-order valence-corrected chi connectivity index (χ2v) is 3.44. The van der Waals surface area contributed by atoms with Crippen LogP contribution in [0, 0.1) is 6.92 Å². The van der Waals surface area contributed by atoms with Gasteiger partial charge in [-0.2, -0.15) is 0 Å². The van der Waals surface area contributed by atoms with Gasteiger partial charge in [-0.3, -0.25) is 0 Å². The number of rotatable bonds is 0. The minimum atomic E-state index is 0.463. The first-order valence-electron chi connectivity index (χ1n) is 4.10. The minimum absolute atomic E-state index is 0.463. The maximum Gasteiger partial charge on any atom is 0.110 e. The molecule has 0 spiro atoms. The molecule has 3 rings (SSSR count). The zero-order valence-corrected chi connectivity index (χ0v) is 6.50. The summed E-state index contributed by atoms with van der Waals surface area (Å²) < 4.78 is 5.43. The lowest BCUT2D eigenvalue weighted by Crippen LogP contribution is -1.92. The molecule has 0 radical (unpaired) electrons. The van der Waals surface area contributed by atoms with Crippen LogP contribution in [0.3, 0.4) is 0 Å². The Balaban J connectivity index is 2.24. The van der Waals surface area contributed by atoms with Crippen LogP contribution in [0.15, 0.2) is 18.2 Å². The van der Waals surface area contributed by atoms with Gasteiger partial charge in [0.15, 0.2) is 0 Å². The summed E-state index contributed by atoms with van der Waals surface area (Å²) in [7, 11) is 0.